The SMILES string of the molecule is CCN(CC(O)CNCC(C)C)c1cccc(C)c1. The Bertz CT molecular complexity index is 366. The van der Waals surface area contributed by atoms with Gasteiger partial charge >= 0.3 is 0 Å². The fraction of sp³-hybridized carbons (Fsp3) is 0.625. The molecule has 1 atom stereocenters. The van der Waals surface area contributed by atoms with E-state index in [2.05, 4.69) is 62.2 Å². The van der Waals surface area contributed by atoms with Gasteiger partial charge in [0.2, 0.25) is 0 Å². The highest BCUT2D eigenvalue weighted by Crippen LogP contribution is 2.15. The molecule has 0 saturated carbocycles. The lowest BCUT2D eigenvalue weighted by Crippen LogP contribution is -2.39. The van der Waals surface area contributed by atoms with Crippen LogP contribution in [0.15, 0.2) is 24.3 Å². The number of benzene rings is 1. The monoisotopic (exact) mass is 264 g/mol. The third kappa shape index (κ3) is 6.08. The molecular weight excluding hydrogens is 236 g/mol. The summed E-state index contributed by atoms with van der Waals surface area (Å²) >= 11 is 0. The van der Waals surface area contributed by atoms with Gasteiger partial charge in [0, 0.05) is 25.3 Å². The van der Waals surface area contributed by atoms with E-state index in [0.717, 1.165) is 13.1 Å². The van der Waals surface area contributed by atoms with Crippen molar-refractivity contribution in [3.63, 3.8) is 0 Å². The number of nitrogens with one attached hydrogen (secondary N) is 1. The van der Waals surface area contributed by atoms with Crippen molar-refractivity contribution in [2.75, 3.05) is 31.1 Å². The van der Waals surface area contributed by atoms with Crippen molar-refractivity contribution in [1.29, 1.82) is 0 Å². The van der Waals surface area contributed by atoms with Crippen LogP contribution in [0.25, 0.3) is 0 Å². The Kier molecular flexibility index (Phi) is 6.89. The van der Waals surface area contributed by atoms with Gasteiger partial charge < -0.3 is 15.3 Å². The average Bonchev–Trinajstić information content (AvgIpc) is 2.35. The molecule has 1 unspecified atom stereocenters. The number of anilines is 1. The molecule has 1 aromatic rings. The van der Waals surface area contributed by atoms with E-state index in [1.165, 1.54) is 11.3 Å². The fourth-order valence-electron chi connectivity index (χ4n) is 2.10. The number of hydrogen-bond acceptors (Lipinski definition) is 3. The van der Waals surface area contributed by atoms with E-state index < -0.39 is 0 Å². The van der Waals surface area contributed by atoms with E-state index in [1.54, 1.807) is 0 Å². The highest BCUT2D eigenvalue weighted by atomic mass is 16.3. The minimum absolute atomic E-state index is 0.334. The second-order valence-electron chi connectivity index (χ2n) is 5.58. The predicted octanol–water partition coefficient (Wildman–Crippen LogP) is 2.43. The molecule has 0 fully saturated rings. The Morgan fingerprint density at radius 3 is 2.58 bits per heavy atom. The first-order chi connectivity index (χ1) is 9.02. The largest absolute Gasteiger partial charge is 0.390 e. The first-order valence-electron chi connectivity index (χ1n) is 7.23. The molecule has 0 radical (unpaired) electrons. The Hall–Kier alpha value is -1.06. The van der Waals surface area contributed by atoms with Gasteiger partial charge in [-0.25, -0.2) is 0 Å². The van der Waals surface area contributed by atoms with Gasteiger partial charge in [0.25, 0.3) is 0 Å². The lowest BCUT2D eigenvalue weighted by atomic mass is 10.2. The molecule has 0 spiro atoms. The van der Waals surface area contributed by atoms with E-state index in [4.69, 9.17) is 0 Å². The number of aryl methyl sites for hydroxylation is 1. The molecule has 0 aliphatic carbocycles. The first-order valence-corrected chi connectivity index (χ1v) is 7.23. The molecule has 0 heterocycles. The maximum absolute atomic E-state index is 10.1. The third-order valence-electron chi connectivity index (χ3n) is 3.11. The summed E-state index contributed by atoms with van der Waals surface area (Å²) in [6.07, 6.45) is -0.334. The Balaban J connectivity index is 2.47. The third-order valence-corrected chi connectivity index (χ3v) is 3.11. The zero-order valence-corrected chi connectivity index (χ0v) is 12.7. The topological polar surface area (TPSA) is 35.5 Å². The van der Waals surface area contributed by atoms with Gasteiger partial charge in [-0.05, 0) is 44.0 Å². The maximum atomic E-state index is 10.1. The van der Waals surface area contributed by atoms with Gasteiger partial charge in [0.05, 0.1) is 6.10 Å². The van der Waals surface area contributed by atoms with Crippen molar-refractivity contribution < 1.29 is 5.11 Å². The molecule has 2 N–H and O–H groups in total. The van der Waals surface area contributed by atoms with Crippen LogP contribution in [-0.4, -0.2) is 37.4 Å². The van der Waals surface area contributed by atoms with Crippen molar-refractivity contribution in [2.24, 2.45) is 5.92 Å². The molecule has 1 rings (SSSR count). The molecule has 0 aliphatic heterocycles. The van der Waals surface area contributed by atoms with Gasteiger partial charge in [0.1, 0.15) is 0 Å². The normalized spacial score (nSPS) is 12.7. The predicted molar refractivity (Wildman–Crippen MR) is 82.8 cm³/mol. The van der Waals surface area contributed by atoms with E-state index in [-0.39, 0.29) is 6.10 Å². The summed E-state index contributed by atoms with van der Waals surface area (Å²) in [6, 6.07) is 8.43. The maximum Gasteiger partial charge on any atom is 0.0839 e. The van der Waals surface area contributed by atoms with Crippen LogP contribution in [0, 0.1) is 12.8 Å². The van der Waals surface area contributed by atoms with Crippen LogP contribution in [0.1, 0.15) is 26.3 Å². The molecule has 0 saturated heterocycles. The number of likely N-dealkylation sites (N-methyl/N-ethyl adjacent to an activating group) is 1. The number of rotatable bonds is 8. The number of aliphatic hydroxyl groups is 1. The van der Waals surface area contributed by atoms with Gasteiger partial charge in [-0.1, -0.05) is 26.0 Å². The summed E-state index contributed by atoms with van der Waals surface area (Å²) in [7, 11) is 0. The summed E-state index contributed by atoms with van der Waals surface area (Å²) in [5.41, 5.74) is 2.44. The minimum Gasteiger partial charge on any atom is -0.390 e. The lowest BCUT2D eigenvalue weighted by molar-refractivity contribution is 0.175. The standard InChI is InChI=1S/C16H28N2O/c1-5-18(15-8-6-7-14(4)9-15)12-16(19)11-17-10-13(2)3/h6-9,13,16-17,19H,5,10-12H2,1-4H3. The number of hydrogen-bond donors (Lipinski definition) is 2. The molecule has 0 aliphatic rings. The van der Waals surface area contributed by atoms with Crippen LogP contribution in [0.2, 0.25) is 0 Å². The van der Waals surface area contributed by atoms with Crippen molar-refractivity contribution in [2.45, 2.75) is 33.8 Å². The lowest BCUT2D eigenvalue weighted by Gasteiger charge is -2.26. The molecule has 108 valence electrons. The molecule has 0 bridgehead atoms. The van der Waals surface area contributed by atoms with Crippen molar-refractivity contribution in [3.05, 3.63) is 29.8 Å². The van der Waals surface area contributed by atoms with Crippen LogP contribution >= 0.6 is 0 Å². The highest BCUT2D eigenvalue weighted by molar-refractivity contribution is 5.48. The van der Waals surface area contributed by atoms with Crippen molar-refractivity contribution >= 4 is 5.69 Å². The average molecular weight is 264 g/mol. The quantitative estimate of drug-likeness (QED) is 0.757. The summed E-state index contributed by atoms with van der Waals surface area (Å²) in [5, 5.41) is 13.4. The summed E-state index contributed by atoms with van der Waals surface area (Å²) < 4.78 is 0. The van der Waals surface area contributed by atoms with E-state index in [1.807, 2.05) is 0 Å². The number of nitrogens with zero attached hydrogens (tertiary/aromatic N) is 1. The molecular formula is C16H28N2O. The van der Waals surface area contributed by atoms with Crippen LogP contribution in [0.4, 0.5) is 5.69 Å². The smallest absolute Gasteiger partial charge is 0.0839 e. The summed E-state index contributed by atoms with van der Waals surface area (Å²) in [5.74, 6) is 0.617. The fourth-order valence-corrected chi connectivity index (χ4v) is 2.10. The van der Waals surface area contributed by atoms with Gasteiger partial charge in [-0.3, -0.25) is 0 Å². The van der Waals surface area contributed by atoms with Gasteiger partial charge in [0.15, 0.2) is 0 Å². The van der Waals surface area contributed by atoms with Crippen LogP contribution in [0.5, 0.6) is 0 Å². The molecule has 0 amide bonds. The summed E-state index contributed by atoms with van der Waals surface area (Å²) in [6.45, 7) is 11.7. The number of aliphatic hydroxyl groups excluding tert-OH is 1. The first kappa shape index (κ1) is 16.0. The van der Waals surface area contributed by atoms with Gasteiger partial charge in [-0.2, -0.15) is 0 Å². The Morgan fingerprint density at radius 1 is 1.26 bits per heavy atom. The molecule has 19 heavy (non-hydrogen) atoms. The van der Waals surface area contributed by atoms with Gasteiger partial charge in [-0.15, -0.1) is 0 Å². The molecule has 3 nitrogen and oxygen atoms in total. The Morgan fingerprint density at radius 2 is 2.00 bits per heavy atom. The zero-order chi connectivity index (χ0) is 14.3. The summed E-state index contributed by atoms with van der Waals surface area (Å²) in [4.78, 5) is 2.22. The van der Waals surface area contributed by atoms with E-state index in [0.29, 0.717) is 19.0 Å². The van der Waals surface area contributed by atoms with E-state index >= 15 is 0 Å². The van der Waals surface area contributed by atoms with Crippen LogP contribution < -0.4 is 10.2 Å². The molecule has 1 aromatic carbocycles. The van der Waals surface area contributed by atoms with Crippen molar-refractivity contribution in [1.82, 2.24) is 5.32 Å². The minimum atomic E-state index is -0.334. The van der Waals surface area contributed by atoms with E-state index in [9.17, 15) is 5.11 Å². The van der Waals surface area contributed by atoms with Crippen LogP contribution in [-0.2, 0) is 0 Å². The molecule has 0 aromatic heterocycles. The van der Waals surface area contributed by atoms with Crippen LogP contribution in [0.3, 0.4) is 0 Å². The molecule has 3 heteroatoms. The highest BCUT2D eigenvalue weighted by Gasteiger charge is 2.11. The Labute approximate surface area is 117 Å². The van der Waals surface area contributed by atoms with Crippen molar-refractivity contribution in [3.8, 4) is 0 Å². The second kappa shape index (κ2) is 8.18. The zero-order valence-electron chi connectivity index (χ0n) is 12.7. The second-order valence-corrected chi connectivity index (χ2v) is 5.58.